The van der Waals surface area contributed by atoms with Gasteiger partial charge >= 0.3 is 6.18 Å². The number of aromatic nitrogens is 1. The monoisotopic (exact) mass is 353 g/mol. The van der Waals surface area contributed by atoms with Gasteiger partial charge in [0.1, 0.15) is 5.82 Å². The van der Waals surface area contributed by atoms with E-state index in [1.807, 2.05) is 0 Å². The van der Waals surface area contributed by atoms with E-state index >= 15 is 0 Å². The number of hydrogen-bond acceptors (Lipinski definition) is 4. The summed E-state index contributed by atoms with van der Waals surface area (Å²) in [5.74, 6) is -1.67. The minimum absolute atomic E-state index is 0.0843. The number of hydrazine groups is 1. The van der Waals surface area contributed by atoms with E-state index in [2.05, 4.69) is 10.4 Å². The summed E-state index contributed by atoms with van der Waals surface area (Å²) >= 11 is 0. The van der Waals surface area contributed by atoms with Crippen LogP contribution in [-0.4, -0.2) is 32.9 Å². The third kappa shape index (κ3) is 2.93. The molecule has 0 unspecified atom stereocenters. The second kappa shape index (κ2) is 5.85. The molecule has 1 aromatic heterocycles. The Morgan fingerprint density at radius 1 is 1.12 bits per heavy atom. The lowest BCUT2D eigenvalue weighted by Crippen LogP contribution is -2.60. The molecule has 1 aliphatic heterocycles. The molecule has 1 atom stereocenters. The molecule has 2 heterocycles. The number of rotatable bonds is 2. The van der Waals surface area contributed by atoms with Crippen LogP contribution < -0.4 is 5.43 Å². The molecule has 0 saturated heterocycles. The van der Waals surface area contributed by atoms with Crippen LogP contribution in [0.2, 0.25) is 0 Å². The topological polar surface area (TPSA) is 65.5 Å². The van der Waals surface area contributed by atoms with Crippen LogP contribution in [0.3, 0.4) is 0 Å². The summed E-state index contributed by atoms with van der Waals surface area (Å²) in [4.78, 5) is 16.1. The molecule has 25 heavy (non-hydrogen) atoms. The number of nitrogens with one attached hydrogen (secondary N) is 1. The van der Waals surface area contributed by atoms with Crippen molar-refractivity contribution < 1.29 is 27.5 Å². The Bertz CT molecular complexity index is 822. The van der Waals surface area contributed by atoms with E-state index in [1.165, 1.54) is 36.7 Å². The van der Waals surface area contributed by atoms with Gasteiger partial charge in [-0.3, -0.25) is 15.2 Å². The highest BCUT2D eigenvalue weighted by molar-refractivity contribution is 5.96. The molecule has 0 fully saturated rings. The second-order valence-corrected chi connectivity index (χ2v) is 5.28. The summed E-state index contributed by atoms with van der Waals surface area (Å²) in [6.45, 7) is 0. The summed E-state index contributed by atoms with van der Waals surface area (Å²) < 4.78 is 53.3. The normalized spacial score (nSPS) is 20.2. The third-order valence-corrected chi connectivity index (χ3v) is 3.62. The van der Waals surface area contributed by atoms with Crippen molar-refractivity contribution in [1.29, 1.82) is 0 Å². The highest BCUT2D eigenvalue weighted by Gasteiger charge is 2.61. The average Bonchev–Trinajstić information content (AvgIpc) is 2.94. The van der Waals surface area contributed by atoms with Crippen molar-refractivity contribution in [3.8, 4) is 0 Å². The Kier molecular flexibility index (Phi) is 3.96. The summed E-state index contributed by atoms with van der Waals surface area (Å²) in [6, 6.07) is 7.00. The molecule has 1 aliphatic rings. The zero-order valence-electron chi connectivity index (χ0n) is 12.5. The van der Waals surface area contributed by atoms with Crippen LogP contribution in [0.1, 0.15) is 15.9 Å². The number of amides is 1. The Balaban J connectivity index is 2.02. The van der Waals surface area contributed by atoms with Crippen molar-refractivity contribution in [2.24, 2.45) is 0 Å². The van der Waals surface area contributed by atoms with Gasteiger partial charge in [-0.2, -0.15) is 13.2 Å². The predicted octanol–water partition coefficient (Wildman–Crippen LogP) is 2.47. The zero-order chi connectivity index (χ0) is 18.2. The lowest BCUT2D eigenvalue weighted by Gasteiger charge is -2.33. The van der Waals surface area contributed by atoms with Crippen molar-refractivity contribution in [3.05, 3.63) is 71.8 Å². The molecule has 5 nitrogen and oxygen atoms in total. The maximum atomic E-state index is 13.4. The average molecular weight is 353 g/mol. The molecule has 1 aromatic carbocycles. The largest absolute Gasteiger partial charge is 0.442 e. The van der Waals surface area contributed by atoms with Gasteiger partial charge in [0.25, 0.3) is 11.6 Å². The SMILES string of the molecule is O=C(c1ccncc1)N1NC(c2ccc(F)cc2)=C[C@@]1(O)C(F)(F)F. The van der Waals surface area contributed by atoms with Gasteiger partial charge in [-0.25, -0.2) is 9.40 Å². The van der Waals surface area contributed by atoms with Gasteiger partial charge in [-0.1, -0.05) is 0 Å². The number of hydrogen-bond donors (Lipinski definition) is 2. The molecule has 0 radical (unpaired) electrons. The first-order chi connectivity index (χ1) is 11.7. The van der Waals surface area contributed by atoms with Gasteiger partial charge in [0.05, 0.1) is 5.70 Å². The maximum Gasteiger partial charge on any atom is 0.442 e. The highest BCUT2D eigenvalue weighted by Crippen LogP contribution is 2.40. The van der Waals surface area contributed by atoms with E-state index in [9.17, 15) is 27.5 Å². The Hall–Kier alpha value is -2.94. The van der Waals surface area contributed by atoms with Crippen molar-refractivity contribution >= 4 is 11.6 Å². The number of halogens is 4. The van der Waals surface area contributed by atoms with Gasteiger partial charge in [0, 0.05) is 24.0 Å². The Morgan fingerprint density at radius 3 is 2.28 bits per heavy atom. The number of pyridine rings is 1. The van der Waals surface area contributed by atoms with E-state index in [1.54, 1.807) is 0 Å². The van der Waals surface area contributed by atoms with E-state index in [0.29, 0.717) is 6.08 Å². The van der Waals surface area contributed by atoms with Crippen LogP contribution in [-0.2, 0) is 0 Å². The molecule has 0 spiro atoms. The zero-order valence-corrected chi connectivity index (χ0v) is 12.5. The van der Waals surface area contributed by atoms with Gasteiger partial charge in [-0.15, -0.1) is 0 Å². The molecule has 1 amide bonds. The van der Waals surface area contributed by atoms with Gasteiger partial charge in [0.2, 0.25) is 0 Å². The van der Waals surface area contributed by atoms with Crippen LogP contribution in [0.15, 0.2) is 54.9 Å². The number of carbonyl (C=O) groups is 1. The number of nitrogens with zero attached hydrogens (tertiary/aromatic N) is 2. The Labute approximate surface area is 139 Å². The van der Waals surface area contributed by atoms with Crippen molar-refractivity contribution in [3.63, 3.8) is 0 Å². The van der Waals surface area contributed by atoms with E-state index in [4.69, 9.17) is 0 Å². The summed E-state index contributed by atoms with van der Waals surface area (Å²) in [6.07, 6.45) is -2.21. The molecule has 3 rings (SSSR count). The third-order valence-electron chi connectivity index (χ3n) is 3.62. The van der Waals surface area contributed by atoms with Crippen LogP contribution in [0.5, 0.6) is 0 Å². The second-order valence-electron chi connectivity index (χ2n) is 5.28. The van der Waals surface area contributed by atoms with Crippen LogP contribution in [0, 0.1) is 5.82 Å². The Morgan fingerprint density at radius 2 is 1.72 bits per heavy atom. The van der Waals surface area contributed by atoms with E-state index < -0.39 is 23.6 Å². The minimum Gasteiger partial charge on any atom is -0.359 e. The number of alkyl halides is 3. The van der Waals surface area contributed by atoms with Crippen molar-refractivity contribution in [2.45, 2.75) is 11.9 Å². The quantitative estimate of drug-likeness (QED) is 0.814. The molecule has 2 aromatic rings. The predicted molar refractivity (Wildman–Crippen MR) is 78.9 cm³/mol. The molecular formula is C16H11F4N3O2. The van der Waals surface area contributed by atoms with Crippen LogP contribution in [0.4, 0.5) is 17.6 Å². The van der Waals surface area contributed by atoms with Gasteiger partial charge in [0.15, 0.2) is 0 Å². The van der Waals surface area contributed by atoms with E-state index in [-0.39, 0.29) is 21.8 Å². The summed E-state index contributed by atoms with van der Waals surface area (Å²) in [5, 5.41) is 10.2. The van der Waals surface area contributed by atoms with Gasteiger partial charge in [-0.05, 0) is 42.0 Å². The summed E-state index contributed by atoms with van der Waals surface area (Å²) in [5.41, 5.74) is -1.41. The van der Waals surface area contributed by atoms with Crippen molar-refractivity contribution in [2.75, 3.05) is 0 Å². The molecular weight excluding hydrogens is 342 g/mol. The van der Waals surface area contributed by atoms with Crippen LogP contribution >= 0.6 is 0 Å². The smallest absolute Gasteiger partial charge is 0.359 e. The first kappa shape index (κ1) is 16.9. The molecule has 0 aliphatic carbocycles. The fourth-order valence-electron chi connectivity index (χ4n) is 2.32. The lowest BCUT2D eigenvalue weighted by molar-refractivity contribution is -0.283. The summed E-state index contributed by atoms with van der Waals surface area (Å²) in [7, 11) is 0. The van der Waals surface area contributed by atoms with E-state index in [0.717, 1.165) is 12.1 Å². The maximum absolute atomic E-state index is 13.4. The number of aliphatic hydroxyl groups is 1. The number of carbonyl (C=O) groups excluding carboxylic acids is 1. The standard InChI is InChI=1S/C16H11F4N3O2/c17-12-3-1-10(2-4-12)13-9-15(25,16(18,19)20)23(22-13)14(24)11-5-7-21-8-6-11/h1-9,22,25H/t15-/m1/s1. The minimum atomic E-state index is -5.16. The fraction of sp³-hybridized carbons (Fsp3) is 0.125. The van der Waals surface area contributed by atoms with Crippen LogP contribution in [0.25, 0.3) is 5.70 Å². The molecule has 0 bridgehead atoms. The first-order valence-corrected chi connectivity index (χ1v) is 7.01. The number of benzene rings is 1. The molecule has 0 saturated carbocycles. The highest BCUT2D eigenvalue weighted by atomic mass is 19.4. The molecule has 130 valence electrons. The lowest BCUT2D eigenvalue weighted by atomic mass is 10.1. The van der Waals surface area contributed by atoms with Gasteiger partial charge < -0.3 is 5.11 Å². The first-order valence-electron chi connectivity index (χ1n) is 7.01. The molecule has 2 N–H and O–H groups in total. The fourth-order valence-corrected chi connectivity index (χ4v) is 2.32. The van der Waals surface area contributed by atoms with Crippen molar-refractivity contribution in [1.82, 2.24) is 15.4 Å². The molecule has 9 heteroatoms.